The van der Waals surface area contributed by atoms with Crippen molar-refractivity contribution < 1.29 is 9.53 Å². The molecule has 0 spiro atoms. The lowest BCUT2D eigenvalue weighted by molar-refractivity contribution is 0.0926. The molecule has 0 aliphatic carbocycles. The molecule has 1 aliphatic rings. The van der Waals surface area contributed by atoms with Crippen LogP contribution in [0.4, 0.5) is 0 Å². The number of nitrogens with one attached hydrogen (secondary N) is 1. The molecule has 31 heavy (non-hydrogen) atoms. The molecule has 2 aromatic carbocycles. The van der Waals surface area contributed by atoms with Crippen LogP contribution < -0.4 is 10.1 Å². The van der Waals surface area contributed by atoms with Crippen LogP contribution in [0, 0.1) is 13.8 Å². The zero-order chi connectivity index (χ0) is 21.5. The Labute approximate surface area is 180 Å². The van der Waals surface area contributed by atoms with Crippen LogP contribution in [0.1, 0.15) is 27.4 Å². The zero-order valence-electron chi connectivity index (χ0n) is 17.8. The Bertz CT molecular complexity index is 1290. The van der Waals surface area contributed by atoms with Crippen molar-refractivity contribution in [1.82, 2.24) is 19.9 Å². The van der Waals surface area contributed by atoms with Gasteiger partial charge in [0.1, 0.15) is 17.5 Å². The number of nitrogens with zero attached hydrogens (tertiary/aromatic N) is 3. The highest BCUT2D eigenvalue weighted by Crippen LogP contribution is 2.37. The quantitative estimate of drug-likeness (QED) is 0.550. The van der Waals surface area contributed by atoms with Gasteiger partial charge < -0.3 is 14.6 Å². The summed E-state index contributed by atoms with van der Waals surface area (Å²) >= 11 is 0. The van der Waals surface area contributed by atoms with Crippen molar-refractivity contribution in [2.24, 2.45) is 7.05 Å². The first-order chi connectivity index (χ1) is 15.0. The van der Waals surface area contributed by atoms with Gasteiger partial charge in [-0.15, -0.1) is 0 Å². The highest BCUT2D eigenvalue weighted by Gasteiger charge is 2.27. The molecule has 1 amide bonds. The minimum Gasteiger partial charge on any atom is -0.487 e. The van der Waals surface area contributed by atoms with Crippen molar-refractivity contribution in [3.05, 3.63) is 77.2 Å². The third kappa shape index (κ3) is 3.54. The Kier molecular flexibility index (Phi) is 4.70. The standard InChI is InChI=1S/C25H24N4O2/c1-15-11-16(2)28-24(27-15)20-9-6-8-18-12-19(31-23(18)20)14-26-25(30)22-13-17-7-4-5-10-21(17)29(22)3/h4-11,13,19H,12,14H2,1-3H3,(H,26,30)/t19-/m1/s1. The molecular weight excluding hydrogens is 388 g/mol. The van der Waals surface area contributed by atoms with E-state index >= 15 is 0 Å². The number of benzene rings is 2. The van der Waals surface area contributed by atoms with Crippen molar-refractivity contribution in [1.29, 1.82) is 0 Å². The van der Waals surface area contributed by atoms with Crippen LogP contribution in [0.5, 0.6) is 5.75 Å². The average molecular weight is 412 g/mol. The maximum Gasteiger partial charge on any atom is 0.268 e. The van der Waals surface area contributed by atoms with E-state index in [4.69, 9.17) is 4.74 Å². The molecule has 0 radical (unpaired) electrons. The Morgan fingerprint density at radius 2 is 1.87 bits per heavy atom. The number of fused-ring (bicyclic) bond motifs is 2. The highest BCUT2D eigenvalue weighted by molar-refractivity contribution is 5.98. The van der Waals surface area contributed by atoms with Gasteiger partial charge in [0.05, 0.1) is 12.1 Å². The molecule has 1 N–H and O–H groups in total. The second-order valence-electron chi connectivity index (χ2n) is 8.07. The van der Waals surface area contributed by atoms with Crippen LogP contribution in [0.25, 0.3) is 22.3 Å². The minimum atomic E-state index is -0.124. The molecule has 0 bridgehead atoms. The number of hydrogen-bond acceptors (Lipinski definition) is 4. The Morgan fingerprint density at radius 1 is 1.10 bits per heavy atom. The fraction of sp³-hybridized carbons (Fsp3) is 0.240. The number of rotatable bonds is 4. The van der Waals surface area contributed by atoms with Crippen LogP contribution >= 0.6 is 0 Å². The lowest BCUT2D eigenvalue weighted by Gasteiger charge is -2.14. The number of para-hydroxylation sites is 2. The Morgan fingerprint density at radius 3 is 2.65 bits per heavy atom. The summed E-state index contributed by atoms with van der Waals surface area (Å²) in [4.78, 5) is 22.0. The van der Waals surface area contributed by atoms with Crippen molar-refractivity contribution in [2.75, 3.05) is 6.54 Å². The summed E-state index contributed by atoms with van der Waals surface area (Å²) in [6, 6.07) is 17.9. The third-order valence-corrected chi connectivity index (χ3v) is 5.73. The van der Waals surface area contributed by atoms with Crippen LogP contribution in [-0.4, -0.2) is 33.1 Å². The largest absolute Gasteiger partial charge is 0.487 e. The van der Waals surface area contributed by atoms with Crippen LogP contribution in [0.15, 0.2) is 54.6 Å². The molecule has 1 aliphatic heterocycles. The molecule has 0 fully saturated rings. The molecule has 156 valence electrons. The van der Waals surface area contributed by atoms with Crippen LogP contribution in [0.2, 0.25) is 0 Å². The first-order valence-corrected chi connectivity index (χ1v) is 10.4. The predicted molar refractivity (Wildman–Crippen MR) is 120 cm³/mol. The molecule has 4 aromatic rings. The van der Waals surface area contributed by atoms with E-state index in [1.54, 1.807) is 0 Å². The predicted octanol–water partition coefficient (Wildman–Crippen LogP) is 3.99. The van der Waals surface area contributed by atoms with Gasteiger partial charge in [-0.05, 0) is 43.7 Å². The lowest BCUT2D eigenvalue weighted by Crippen LogP contribution is -2.35. The molecule has 5 rings (SSSR count). The third-order valence-electron chi connectivity index (χ3n) is 5.73. The number of amides is 1. The number of hydrogen-bond donors (Lipinski definition) is 1. The zero-order valence-corrected chi connectivity index (χ0v) is 17.8. The van der Waals surface area contributed by atoms with Crippen molar-refractivity contribution >= 4 is 16.8 Å². The number of aromatic nitrogens is 3. The van der Waals surface area contributed by atoms with E-state index in [9.17, 15) is 4.79 Å². The van der Waals surface area contributed by atoms with Gasteiger partial charge in [-0.1, -0.05) is 30.3 Å². The first-order valence-electron chi connectivity index (χ1n) is 10.4. The van der Waals surface area contributed by atoms with Crippen molar-refractivity contribution in [2.45, 2.75) is 26.4 Å². The monoisotopic (exact) mass is 412 g/mol. The average Bonchev–Trinajstić information content (AvgIpc) is 3.32. The number of ether oxygens (including phenoxy) is 1. The van der Waals surface area contributed by atoms with Gasteiger partial charge in [0.2, 0.25) is 0 Å². The summed E-state index contributed by atoms with van der Waals surface area (Å²) in [5.74, 6) is 1.39. The minimum absolute atomic E-state index is 0.101. The van der Waals surface area contributed by atoms with E-state index in [0.29, 0.717) is 18.1 Å². The van der Waals surface area contributed by atoms with Gasteiger partial charge in [-0.2, -0.15) is 0 Å². The van der Waals surface area contributed by atoms with E-state index in [1.165, 1.54) is 0 Å². The molecule has 0 saturated carbocycles. The molecule has 0 saturated heterocycles. The highest BCUT2D eigenvalue weighted by atomic mass is 16.5. The summed E-state index contributed by atoms with van der Waals surface area (Å²) in [7, 11) is 1.91. The molecule has 3 heterocycles. The second kappa shape index (κ2) is 7.54. The summed E-state index contributed by atoms with van der Waals surface area (Å²) in [6.45, 7) is 4.36. The molecular formula is C25H24N4O2. The van der Waals surface area contributed by atoms with E-state index in [0.717, 1.165) is 45.6 Å². The number of carbonyl (C=O) groups is 1. The summed E-state index contributed by atoms with van der Waals surface area (Å²) in [5.41, 5.74) is 5.54. The lowest BCUT2D eigenvalue weighted by atomic mass is 10.1. The van der Waals surface area contributed by atoms with Gasteiger partial charge in [-0.25, -0.2) is 9.97 Å². The fourth-order valence-corrected chi connectivity index (χ4v) is 4.28. The molecule has 1 atom stereocenters. The van der Waals surface area contributed by atoms with Gasteiger partial charge in [-0.3, -0.25) is 4.79 Å². The van der Waals surface area contributed by atoms with E-state index in [2.05, 4.69) is 21.4 Å². The summed E-state index contributed by atoms with van der Waals surface area (Å²) in [6.07, 6.45) is 0.615. The first kappa shape index (κ1) is 19.3. The van der Waals surface area contributed by atoms with Gasteiger partial charge in [0.25, 0.3) is 5.91 Å². The van der Waals surface area contributed by atoms with Crippen LogP contribution in [0.3, 0.4) is 0 Å². The van der Waals surface area contributed by atoms with Crippen molar-refractivity contribution in [3.63, 3.8) is 0 Å². The van der Waals surface area contributed by atoms with Crippen LogP contribution in [-0.2, 0) is 13.5 Å². The summed E-state index contributed by atoms with van der Waals surface area (Å²) < 4.78 is 8.17. The topological polar surface area (TPSA) is 69.0 Å². The normalized spacial score (nSPS) is 15.0. The van der Waals surface area contributed by atoms with E-state index < -0.39 is 0 Å². The van der Waals surface area contributed by atoms with Gasteiger partial charge >= 0.3 is 0 Å². The number of carbonyl (C=O) groups excluding carboxylic acids is 1. The van der Waals surface area contributed by atoms with Gasteiger partial charge in [0, 0.05) is 35.8 Å². The van der Waals surface area contributed by atoms with E-state index in [-0.39, 0.29) is 12.0 Å². The van der Waals surface area contributed by atoms with Gasteiger partial charge in [0.15, 0.2) is 5.82 Å². The SMILES string of the molecule is Cc1cc(C)nc(-c2cccc3c2O[C@@H](CNC(=O)c2cc4ccccc4n2C)C3)n1. The summed E-state index contributed by atoms with van der Waals surface area (Å²) in [5, 5.41) is 4.09. The maximum absolute atomic E-state index is 12.8. The fourth-order valence-electron chi connectivity index (χ4n) is 4.28. The second-order valence-corrected chi connectivity index (χ2v) is 8.07. The molecule has 0 unspecified atom stereocenters. The molecule has 2 aromatic heterocycles. The smallest absolute Gasteiger partial charge is 0.268 e. The Balaban J connectivity index is 1.32. The molecule has 6 heteroatoms. The maximum atomic E-state index is 12.8. The number of aryl methyl sites for hydroxylation is 3. The Hall–Kier alpha value is -3.67. The molecule has 6 nitrogen and oxygen atoms in total. The van der Waals surface area contributed by atoms with E-state index in [1.807, 2.05) is 74.0 Å². The van der Waals surface area contributed by atoms with Crippen molar-refractivity contribution in [3.8, 4) is 17.1 Å².